The maximum absolute atomic E-state index is 5.00. The van der Waals surface area contributed by atoms with Crippen LogP contribution in [0.25, 0.3) is 16.8 Å². The van der Waals surface area contributed by atoms with E-state index in [0.717, 1.165) is 28.1 Å². The van der Waals surface area contributed by atoms with Crippen molar-refractivity contribution < 1.29 is 0 Å². The monoisotopic (exact) mass is 359 g/mol. The third-order valence-corrected chi connectivity index (χ3v) is 4.63. The van der Waals surface area contributed by atoms with Crippen molar-refractivity contribution in [2.45, 2.75) is 0 Å². The SMILES string of the molecule is C=C/C=C\c1ccc(/N=C(/c2ccccc2)c2ccc3ccccc3c2)cc1. The lowest BCUT2D eigenvalue weighted by Crippen LogP contribution is -2.02. The Morgan fingerprint density at radius 3 is 2.14 bits per heavy atom. The summed E-state index contributed by atoms with van der Waals surface area (Å²) in [6, 6.07) is 33.5. The van der Waals surface area contributed by atoms with Crippen LogP contribution >= 0.6 is 0 Å². The van der Waals surface area contributed by atoms with Gasteiger partial charge in [-0.2, -0.15) is 0 Å². The zero-order chi connectivity index (χ0) is 19.2. The molecule has 1 heteroatoms. The van der Waals surface area contributed by atoms with E-state index in [9.17, 15) is 0 Å². The first kappa shape index (κ1) is 17.7. The third-order valence-electron chi connectivity index (χ3n) is 4.63. The molecule has 0 aromatic heterocycles. The number of hydrogen-bond donors (Lipinski definition) is 0. The molecule has 0 amide bonds. The van der Waals surface area contributed by atoms with Gasteiger partial charge in [0.1, 0.15) is 0 Å². The molecule has 0 saturated heterocycles. The Hall–Kier alpha value is -3.71. The van der Waals surface area contributed by atoms with E-state index in [4.69, 9.17) is 4.99 Å². The minimum Gasteiger partial charge on any atom is -0.248 e. The summed E-state index contributed by atoms with van der Waals surface area (Å²) < 4.78 is 0. The molecule has 4 rings (SSSR count). The zero-order valence-corrected chi connectivity index (χ0v) is 15.6. The van der Waals surface area contributed by atoms with Crippen LogP contribution in [0.1, 0.15) is 16.7 Å². The van der Waals surface area contributed by atoms with Gasteiger partial charge in [-0.25, -0.2) is 4.99 Å². The Kier molecular flexibility index (Phi) is 5.26. The topological polar surface area (TPSA) is 12.4 Å². The maximum atomic E-state index is 5.00. The molecular formula is C27H21N. The van der Waals surface area contributed by atoms with Crippen molar-refractivity contribution in [1.82, 2.24) is 0 Å². The largest absolute Gasteiger partial charge is 0.248 e. The van der Waals surface area contributed by atoms with E-state index in [1.807, 2.05) is 30.4 Å². The normalized spacial score (nSPS) is 11.8. The molecule has 4 aromatic rings. The van der Waals surface area contributed by atoms with Gasteiger partial charge in [-0.3, -0.25) is 0 Å². The van der Waals surface area contributed by atoms with Gasteiger partial charge >= 0.3 is 0 Å². The molecule has 1 nitrogen and oxygen atoms in total. The van der Waals surface area contributed by atoms with E-state index >= 15 is 0 Å². The minimum absolute atomic E-state index is 0.933. The Labute approximate surface area is 166 Å². The van der Waals surface area contributed by atoms with Gasteiger partial charge in [0.25, 0.3) is 0 Å². The molecule has 0 aliphatic heterocycles. The van der Waals surface area contributed by atoms with Gasteiger partial charge < -0.3 is 0 Å². The Balaban J connectivity index is 1.80. The minimum atomic E-state index is 0.933. The smallest absolute Gasteiger partial charge is 0.0781 e. The van der Waals surface area contributed by atoms with Crippen LogP contribution < -0.4 is 0 Å². The maximum Gasteiger partial charge on any atom is 0.0781 e. The van der Waals surface area contributed by atoms with Crippen LogP contribution in [-0.2, 0) is 0 Å². The fraction of sp³-hybridized carbons (Fsp3) is 0. The molecule has 0 atom stereocenters. The average molecular weight is 359 g/mol. The Bertz CT molecular complexity index is 1150. The molecule has 28 heavy (non-hydrogen) atoms. The van der Waals surface area contributed by atoms with Crippen molar-refractivity contribution in [1.29, 1.82) is 0 Å². The van der Waals surface area contributed by atoms with Crippen LogP contribution in [0.15, 0.2) is 121 Å². The first-order valence-electron chi connectivity index (χ1n) is 9.36. The number of allylic oxidation sites excluding steroid dienone is 2. The Morgan fingerprint density at radius 2 is 1.39 bits per heavy atom. The van der Waals surface area contributed by atoms with Gasteiger partial charge in [0.15, 0.2) is 0 Å². The fourth-order valence-corrected chi connectivity index (χ4v) is 3.20. The van der Waals surface area contributed by atoms with Crippen molar-refractivity contribution in [3.8, 4) is 0 Å². The highest BCUT2D eigenvalue weighted by atomic mass is 14.7. The van der Waals surface area contributed by atoms with Crippen LogP contribution in [0, 0.1) is 0 Å². The van der Waals surface area contributed by atoms with Crippen LogP contribution in [0.5, 0.6) is 0 Å². The summed E-state index contributed by atoms with van der Waals surface area (Å²) in [5.41, 5.74) is 5.25. The third kappa shape index (κ3) is 3.99. The van der Waals surface area contributed by atoms with Crippen molar-refractivity contribution in [2.75, 3.05) is 0 Å². The van der Waals surface area contributed by atoms with Crippen molar-refractivity contribution in [3.63, 3.8) is 0 Å². The molecule has 0 unspecified atom stereocenters. The van der Waals surface area contributed by atoms with E-state index in [1.165, 1.54) is 10.8 Å². The number of nitrogens with zero attached hydrogens (tertiary/aromatic N) is 1. The van der Waals surface area contributed by atoms with Gasteiger partial charge in [0, 0.05) is 11.1 Å². The van der Waals surface area contributed by atoms with E-state index in [0.29, 0.717) is 0 Å². The molecule has 134 valence electrons. The number of rotatable bonds is 5. The summed E-state index contributed by atoms with van der Waals surface area (Å²) >= 11 is 0. The molecular weight excluding hydrogens is 338 g/mol. The second-order valence-electron chi connectivity index (χ2n) is 6.57. The summed E-state index contributed by atoms with van der Waals surface area (Å²) in [4.78, 5) is 5.00. The summed E-state index contributed by atoms with van der Waals surface area (Å²) in [5.74, 6) is 0. The highest BCUT2D eigenvalue weighted by molar-refractivity contribution is 6.15. The van der Waals surface area contributed by atoms with E-state index in [-0.39, 0.29) is 0 Å². The van der Waals surface area contributed by atoms with Crippen molar-refractivity contribution >= 4 is 28.2 Å². The van der Waals surface area contributed by atoms with E-state index in [2.05, 4.69) is 85.4 Å². The molecule has 0 saturated carbocycles. The first-order chi connectivity index (χ1) is 13.8. The van der Waals surface area contributed by atoms with E-state index in [1.54, 1.807) is 6.08 Å². The average Bonchev–Trinajstić information content (AvgIpc) is 2.77. The lowest BCUT2D eigenvalue weighted by molar-refractivity contribution is 1.47. The van der Waals surface area contributed by atoms with Crippen molar-refractivity contribution in [2.24, 2.45) is 4.99 Å². The molecule has 0 aliphatic rings. The van der Waals surface area contributed by atoms with Gasteiger partial charge in [-0.05, 0) is 34.5 Å². The van der Waals surface area contributed by atoms with Gasteiger partial charge in [-0.15, -0.1) is 0 Å². The molecule has 4 aromatic carbocycles. The summed E-state index contributed by atoms with van der Waals surface area (Å²) in [6.07, 6.45) is 5.74. The number of benzene rings is 4. The van der Waals surface area contributed by atoms with Gasteiger partial charge in [0.05, 0.1) is 11.4 Å². The molecule has 0 radical (unpaired) electrons. The lowest BCUT2D eigenvalue weighted by atomic mass is 9.99. The fourth-order valence-electron chi connectivity index (χ4n) is 3.20. The molecule has 0 bridgehead atoms. The van der Waals surface area contributed by atoms with Crippen LogP contribution in [0.3, 0.4) is 0 Å². The first-order valence-corrected chi connectivity index (χ1v) is 9.36. The van der Waals surface area contributed by atoms with Gasteiger partial charge in [-0.1, -0.05) is 104 Å². The highest BCUT2D eigenvalue weighted by Crippen LogP contribution is 2.22. The predicted octanol–water partition coefficient (Wildman–Crippen LogP) is 7.21. The molecule has 0 aliphatic carbocycles. The van der Waals surface area contributed by atoms with Crippen LogP contribution in [-0.4, -0.2) is 5.71 Å². The summed E-state index contributed by atoms with van der Waals surface area (Å²) in [6.45, 7) is 3.71. The van der Waals surface area contributed by atoms with Crippen molar-refractivity contribution in [3.05, 3.63) is 132 Å². The molecule has 0 fully saturated rings. The van der Waals surface area contributed by atoms with Crippen LogP contribution in [0.4, 0.5) is 5.69 Å². The molecule has 0 heterocycles. The molecule has 0 N–H and O–H groups in total. The number of fused-ring (bicyclic) bond motifs is 1. The number of hydrogen-bond acceptors (Lipinski definition) is 1. The number of aliphatic imine (C=N–C) groups is 1. The quantitative estimate of drug-likeness (QED) is 0.264. The highest BCUT2D eigenvalue weighted by Gasteiger charge is 2.08. The van der Waals surface area contributed by atoms with Crippen LogP contribution in [0.2, 0.25) is 0 Å². The molecule has 0 spiro atoms. The van der Waals surface area contributed by atoms with E-state index < -0.39 is 0 Å². The second kappa shape index (κ2) is 8.32. The summed E-state index contributed by atoms with van der Waals surface area (Å²) in [7, 11) is 0. The van der Waals surface area contributed by atoms with Gasteiger partial charge in [0.2, 0.25) is 0 Å². The Morgan fingerprint density at radius 1 is 0.679 bits per heavy atom. The zero-order valence-electron chi connectivity index (χ0n) is 15.6. The predicted molar refractivity (Wildman–Crippen MR) is 121 cm³/mol. The summed E-state index contributed by atoms with van der Waals surface area (Å²) in [5, 5.41) is 2.45. The lowest BCUT2D eigenvalue weighted by Gasteiger charge is -2.09. The standard InChI is InChI=1S/C27H21N/c1-2-3-9-21-14-18-26(19-15-21)28-27(23-11-5-4-6-12-23)25-17-16-22-10-7-8-13-24(22)20-25/h2-20H,1H2/b9-3-,28-27-. The second-order valence-corrected chi connectivity index (χ2v) is 6.57.